The number of fused-ring (bicyclic) bond motifs is 1. The molecule has 1 unspecified atom stereocenters. The molecule has 1 atom stereocenters. The van der Waals surface area contributed by atoms with Gasteiger partial charge >= 0.3 is 5.97 Å². The maximum atomic E-state index is 13.5. The lowest BCUT2D eigenvalue weighted by molar-refractivity contribution is -0.140. The Morgan fingerprint density at radius 2 is 2.03 bits per heavy atom. The molecule has 1 saturated carbocycles. The van der Waals surface area contributed by atoms with Gasteiger partial charge in [-0.3, -0.25) is 4.90 Å². The van der Waals surface area contributed by atoms with Crippen LogP contribution in [0.25, 0.3) is 0 Å². The normalized spacial score (nSPS) is 27.7. The minimum atomic E-state index is -0.914. The van der Waals surface area contributed by atoms with E-state index in [1.807, 2.05) is 23.4 Å². The fourth-order valence-electron chi connectivity index (χ4n) is 4.94. The summed E-state index contributed by atoms with van der Waals surface area (Å²) >= 11 is 6.20. The number of aromatic nitrogens is 1. The van der Waals surface area contributed by atoms with Crippen molar-refractivity contribution >= 4 is 23.9 Å². The van der Waals surface area contributed by atoms with Gasteiger partial charge in [0.25, 0.3) is 0 Å². The number of hydrogen-bond acceptors (Lipinski definition) is 6. The van der Waals surface area contributed by atoms with Crippen LogP contribution in [0.5, 0.6) is 0 Å². The summed E-state index contributed by atoms with van der Waals surface area (Å²) in [6, 6.07) is 4.27. The second kappa shape index (κ2) is 8.00. The first-order chi connectivity index (χ1) is 15.0. The van der Waals surface area contributed by atoms with Gasteiger partial charge in [-0.2, -0.15) is 9.49 Å². The third-order valence-corrected chi connectivity index (χ3v) is 6.77. The van der Waals surface area contributed by atoms with Crippen LogP contribution < -0.4 is 5.32 Å². The number of carbonyl (C=O) groups is 1. The SMILES string of the molecule is O=C(O)C1C2=C(C=C(Cl)CC2)NC=C2N1C=NN2C1CCC(c2cccc(F)n2)CC1. The smallest absolute Gasteiger partial charge is 0.331 e. The zero-order valence-corrected chi connectivity index (χ0v) is 17.6. The molecule has 0 spiro atoms. The zero-order valence-electron chi connectivity index (χ0n) is 16.8. The van der Waals surface area contributed by atoms with Gasteiger partial charge in [0.05, 0.1) is 6.04 Å². The number of hydrazone groups is 1. The Bertz CT molecular complexity index is 1030. The van der Waals surface area contributed by atoms with Crippen molar-refractivity contribution in [2.45, 2.75) is 56.5 Å². The van der Waals surface area contributed by atoms with E-state index in [1.54, 1.807) is 17.3 Å². The van der Waals surface area contributed by atoms with Crippen molar-refractivity contribution in [3.63, 3.8) is 0 Å². The van der Waals surface area contributed by atoms with Gasteiger partial charge in [-0.05, 0) is 62.3 Å². The van der Waals surface area contributed by atoms with E-state index in [9.17, 15) is 14.3 Å². The summed E-state index contributed by atoms with van der Waals surface area (Å²) in [5, 5.41) is 20.4. The van der Waals surface area contributed by atoms with E-state index in [1.165, 1.54) is 6.07 Å². The lowest BCUT2D eigenvalue weighted by atomic mass is 9.83. The van der Waals surface area contributed by atoms with Gasteiger partial charge in [0, 0.05) is 28.5 Å². The number of halogens is 2. The van der Waals surface area contributed by atoms with E-state index in [4.69, 9.17) is 11.6 Å². The van der Waals surface area contributed by atoms with Gasteiger partial charge in [-0.1, -0.05) is 17.7 Å². The van der Waals surface area contributed by atoms with E-state index < -0.39 is 18.0 Å². The fraction of sp³-hybridized carbons (Fsp3) is 0.409. The van der Waals surface area contributed by atoms with Crippen molar-refractivity contribution in [1.29, 1.82) is 0 Å². The highest BCUT2D eigenvalue weighted by Crippen LogP contribution is 2.39. The van der Waals surface area contributed by atoms with Gasteiger partial charge < -0.3 is 10.4 Å². The summed E-state index contributed by atoms with van der Waals surface area (Å²) in [7, 11) is 0. The van der Waals surface area contributed by atoms with Crippen LogP contribution in [0.3, 0.4) is 0 Å². The number of rotatable bonds is 3. The van der Waals surface area contributed by atoms with Crippen molar-refractivity contribution in [1.82, 2.24) is 20.2 Å². The van der Waals surface area contributed by atoms with Gasteiger partial charge in [-0.15, -0.1) is 0 Å². The average Bonchev–Trinajstić information content (AvgIpc) is 3.09. The molecule has 9 heteroatoms. The van der Waals surface area contributed by atoms with Crippen LogP contribution in [0.1, 0.15) is 50.1 Å². The molecule has 1 aromatic rings. The number of carboxylic acids is 1. The first-order valence-electron chi connectivity index (χ1n) is 10.5. The Balaban J connectivity index is 1.34. The molecule has 0 radical (unpaired) electrons. The molecule has 5 rings (SSSR count). The lowest BCUT2D eigenvalue weighted by Crippen LogP contribution is -2.43. The Labute approximate surface area is 184 Å². The second-order valence-corrected chi connectivity index (χ2v) is 8.78. The average molecular weight is 444 g/mol. The molecule has 0 amide bonds. The Hall–Kier alpha value is -2.87. The van der Waals surface area contributed by atoms with Crippen LogP contribution in [-0.2, 0) is 4.79 Å². The second-order valence-electron chi connectivity index (χ2n) is 8.29. The molecule has 3 heterocycles. The molecule has 2 aliphatic heterocycles. The Morgan fingerprint density at radius 3 is 2.77 bits per heavy atom. The van der Waals surface area contributed by atoms with Crippen molar-refractivity contribution in [3.8, 4) is 0 Å². The van der Waals surface area contributed by atoms with E-state index >= 15 is 0 Å². The van der Waals surface area contributed by atoms with Gasteiger partial charge in [-0.25, -0.2) is 14.8 Å². The number of allylic oxidation sites excluding steroid dienone is 2. The fourth-order valence-corrected chi connectivity index (χ4v) is 5.15. The predicted octanol–water partition coefficient (Wildman–Crippen LogP) is 3.83. The first-order valence-corrected chi connectivity index (χ1v) is 10.9. The number of nitrogens with one attached hydrogen (secondary N) is 1. The highest BCUT2D eigenvalue weighted by molar-refractivity contribution is 6.29. The van der Waals surface area contributed by atoms with Crippen LogP contribution in [0.4, 0.5) is 4.39 Å². The van der Waals surface area contributed by atoms with Crippen molar-refractivity contribution < 1.29 is 14.3 Å². The Morgan fingerprint density at radius 1 is 1.23 bits per heavy atom. The molecule has 2 aliphatic carbocycles. The highest BCUT2D eigenvalue weighted by atomic mass is 35.5. The number of hydrogen-bond donors (Lipinski definition) is 2. The molecule has 1 fully saturated rings. The summed E-state index contributed by atoms with van der Waals surface area (Å²) in [4.78, 5) is 18.0. The van der Waals surface area contributed by atoms with E-state index in [0.717, 1.165) is 48.5 Å². The van der Waals surface area contributed by atoms with Crippen LogP contribution in [0, 0.1) is 5.95 Å². The standard InChI is InChI=1S/C22H23ClFN5O2/c23-14-6-9-16-18(10-14)25-11-20-28(21(16)22(30)31)12-26-29(20)15-7-4-13(5-8-15)17-2-1-3-19(24)27-17/h1-3,10-13,15,21,25H,4-9H2,(H,30,31). The third kappa shape index (κ3) is 3.69. The largest absolute Gasteiger partial charge is 0.479 e. The zero-order chi connectivity index (χ0) is 21.5. The van der Waals surface area contributed by atoms with Crippen LogP contribution >= 0.6 is 11.6 Å². The van der Waals surface area contributed by atoms with Crippen molar-refractivity contribution in [2.24, 2.45) is 5.10 Å². The molecule has 4 aliphatic rings. The molecule has 0 saturated heterocycles. The summed E-state index contributed by atoms with van der Waals surface area (Å²) in [6.07, 6.45) is 9.95. The van der Waals surface area contributed by atoms with E-state index in [-0.39, 0.29) is 12.0 Å². The summed E-state index contributed by atoms with van der Waals surface area (Å²) in [5.74, 6) is -0.412. The number of carboxylic acid groups (broad SMARTS) is 1. The van der Waals surface area contributed by atoms with Gasteiger partial charge in [0.2, 0.25) is 5.95 Å². The molecule has 0 aromatic carbocycles. The molecule has 7 nitrogen and oxygen atoms in total. The van der Waals surface area contributed by atoms with Crippen LogP contribution in [0.15, 0.2) is 57.7 Å². The predicted molar refractivity (Wildman–Crippen MR) is 114 cm³/mol. The maximum absolute atomic E-state index is 13.5. The Kier molecular flexibility index (Phi) is 5.17. The molecular weight excluding hydrogens is 421 g/mol. The first kappa shape index (κ1) is 20.1. The lowest BCUT2D eigenvalue weighted by Gasteiger charge is -2.35. The van der Waals surface area contributed by atoms with E-state index in [0.29, 0.717) is 17.9 Å². The maximum Gasteiger partial charge on any atom is 0.331 e. The van der Waals surface area contributed by atoms with Crippen LogP contribution in [-0.4, -0.2) is 44.4 Å². The molecule has 31 heavy (non-hydrogen) atoms. The highest BCUT2D eigenvalue weighted by Gasteiger charge is 2.41. The minimum absolute atomic E-state index is 0.141. The molecular formula is C22H23ClFN5O2. The van der Waals surface area contributed by atoms with Gasteiger partial charge in [0.1, 0.15) is 12.2 Å². The number of pyridine rings is 1. The monoisotopic (exact) mass is 443 g/mol. The topological polar surface area (TPSA) is 81.1 Å². The summed E-state index contributed by atoms with van der Waals surface area (Å²) in [6.45, 7) is 0. The summed E-state index contributed by atoms with van der Waals surface area (Å²) in [5.41, 5.74) is 2.35. The summed E-state index contributed by atoms with van der Waals surface area (Å²) < 4.78 is 13.5. The third-order valence-electron chi connectivity index (χ3n) is 6.48. The van der Waals surface area contributed by atoms with E-state index in [2.05, 4.69) is 15.4 Å². The molecule has 1 aromatic heterocycles. The van der Waals surface area contributed by atoms with Crippen molar-refractivity contribution in [3.05, 3.63) is 64.2 Å². The molecule has 0 bridgehead atoms. The minimum Gasteiger partial charge on any atom is -0.479 e. The van der Waals surface area contributed by atoms with Crippen LogP contribution in [0.2, 0.25) is 0 Å². The quantitative estimate of drug-likeness (QED) is 0.691. The molecule has 2 N–H and O–H groups in total. The molecule has 162 valence electrons. The van der Waals surface area contributed by atoms with Gasteiger partial charge in [0.15, 0.2) is 6.04 Å². The number of aliphatic carboxylic acids is 1. The van der Waals surface area contributed by atoms with Crippen molar-refractivity contribution in [2.75, 3.05) is 0 Å². The number of nitrogens with zero attached hydrogens (tertiary/aromatic N) is 4.